The number of benzene rings is 1. The molecule has 0 unspecified atom stereocenters. The fourth-order valence-corrected chi connectivity index (χ4v) is 3.94. The van der Waals surface area contributed by atoms with Gasteiger partial charge in [-0.05, 0) is 52.7 Å². The summed E-state index contributed by atoms with van der Waals surface area (Å²) in [5.41, 5.74) is 6.41. The number of piperidine rings is 1. The Morgan fingerprint density at radius 3 is 2.62 bits per heavy atom. The molecule has 202 valence electrons. The predicted octanol–water partition coefficient (Wildman–Crippen LogP) is 4.16. The number of aromatic nitrogens is 2. The third-order valence-electron chi connectivity index (χ3n) is 5.77. The van der Waals surface area contributed by atoms with Crippen LogP contribution in [-0.2, 0) is 16.1 Å². The molecule has 12 heteroatoms. The smallest absolute Gasteiger partial charge is 0.410 e. The first-order valence-electron chi connectivity index (χ1n) is 12.0. The Morgan fingerprint density at radius 2 is 1.95 bits per heavy atom. The lowest BCUT2D eigenvalue weighted by Crippen LogP contribution is -2.48. The number of hydrogen-bond donors (Lipinski definition) is 3. The summed E-state index contributed by atoms with van der Waals surface area (Å²) >= 11 is 6.33. The van der Waals surface area contributed by atoms with E-state index in [1.807, 2.05) is 32.9 Å². The molecule has 0 bridgehead atoms. The van der Waals surface area contributed by atoms with Crippen molar-refractivity contribution in [3.05, 3.63) is 34.5 Å². The fourth-order valence-electron chi connectivity index (χ4n) is 3.77. The van der Waals surface area contributed by atoms with Gasteiger partial charge in [0.05, 0.1) is 20.1 Å². The van der Waals surface area contributed by atoms with E-state index in [0.29, 0.717) is 48.8 Å². The Hall–Kier alpha value is -3.47. The van der Waals surface area contributed by atoms with Gasteiger partial charge in [0.25, 0.3) is 0 Å². The zero-order valence-electron chi connectivity index (χ0n) is 22.1. The van der Waals surface area contributed by atoms with Gasteiger partial charge in [-0.1, -0.05) is 11.6 Å². The minimum absolute atomic E-state index is 0.240. The van der Waals surface area contributed by atoms with E-state index in [0.717, 1.165) is 5.56 Å². The first-order valence-corrected chi connectivity index (χ1v) is 12.4. The van der Waals surface area contributed by atoms with Gasteiger partial charge in [0.1, 0.15) is 22.3 Å². The molecule has 2 aromatic rings. The van der Waals surface area contributed by atoms with Gasteiger partial charge >= 0.3 is 6.09 Å². The largest absolute Gasteiger partial charge is 0.497 e. The van der Waals surface area contributed by atoms with Crippen molar-refractivity contribution in [1.29, 1.82) is 0 Å². The minimum atomic E-state index is -0.595. The van der Waals surface area contributed by atoms with Crippen molar-refractivity contribution in [2.24, 2.45) is 5.92 Å². The Balaban J connectivity index is 1.62. The molecule has 1 aromatic carbocycles. The lowest BCUT2D eigenvalue weighted by Gasteiger charge is -2.33. The summed E-state index contributed by atoms with van der Waals surface area (Å²) in [6, 6.07) is 5.50. The van der Waals surface area contributed by atoms with Crippen LogP contribution in [-0.4, -0.2) is 59.8 Å². The molecule has 0 radical (unpaired) electrons. The number of carbonyl (C=O) groups excluding carboxylic acids is 2. The monoisotopic (exact) mass is 534 g/mol. The number of nitrogens with zero attached hydrogens (tertiary/aromatic N) is 3. The molecule has 1 aliphatic heterocycles. The Labute approximate surface area is 222 Å². The van der Waals surface area contributed by atoms with Crippen LogP contribution < -0.4 is 25.6 Å². The third-order valence-corrected chi connectivity index (χ3v) is 6.13. The van der Waals surface area contributed by atoms with Crippen molar-refractivity contribution in [3.63, 3.8) is 0 Å². The van der Waals surface area contributed by atoms with Gasteiger partial charge in [0, 0.05) is 36.8 Å². The molecule has 1 aromatic heterocycles. The number of rotatable bonds is 8. The first-order chi connectivity index (χ1) is 17.5. The molecular weight excluding hydrogens is 500 g/mol. The molecule has 0 saturated carbocycles. The van der Waals surface area contributed by atoms with Crippen LogP contribution in [0.25, 0.3) is 0 Å². The van der Waals surface area contributed by atoms with E-state index < -0.39 is 11.7 Å². The summed E-state index contributed by atoms with van der Waals surface area (Å²) in [6.07, 6.45) is 0.950. The van der Waals surface area contributed by atoms with E-state index >= 15 is 0 Å². The number of carbonyl (C=O) groups is 2. The molecule has 3 N–H and O–H groups in total. The van der Waals surface area contributed by atoms with Crippen LogP contribution in [0.1, 0.15) is 44.7 Å². The average Bonchev–Trinajstić information content (AvgIpc) is 2.87. The molecule has 1 aliphatic rings. The molecule has 3 rings (SSSR count). The first kappa shape index (κ1) is 28.1. The zero-order valence-corrected chi connectivity index (χ0v) is 22.9. The Bertz CT molecular complexity index is 1120. The molecule has 1 atom stereocenters. The van der Waals surface area contributed by atoms with Crippen molar-refractivity contribution < 1.29 is 23.8 Å². The maximum Gasteiger partial charge on any atom is 0.410 e. The summed E-state index contributed by atoms with van der Waals surface area (Å²) < 4.78 is 16.1. The van der Waals surface area contributed by atoms with Crippen LogP contribution in [0.2, 0.25) is 5.15 Å². The van der Waals surface area contributed by atoms with Gasteiger partial charge in [-0.2, -0.15) is 4.98 Å². The summed E-state index contributed by atoms with van der Waals surface area (Å²) in [5, 5.41) is 3.37. The van der Waals surface area contributed by atoms with Gasteiger partial charge in [0.15, 0.2) is 5.82 Å². The number of likely N-dealkylation sites (tertiary alicyclic amines) is 1. The number of hydrazine groups is 1. The van der Waals surface area contributed by atoms with E-state index in [-0.39, 0.29) is 29.5 Å². The highest BCUT2D eigenvalue weighted by Gasteiger charge is 2.31. The SMILES string of the molecule is COc1ccc(CNc2nc(Cl)c(C)c(NNC(=O)[C@H]3CCCN(C(=O)OC(C)(C)C)C3)n2)c(OC)c1. The molecule has 11 nitrogen and oxygen atoms in total. The number of ether oxygens (including phenoxy) is 3. The van der Waals surface area contributed by atoms with Crippen molar-refractivity contribution in [3.8, 4) is 11.5 Å². The van der Waals surface area contributed by atoms with Crippen LogP contribution in [0.15, 0.2) is 18.2 Å². The van der Waals surface area contributed by atoms with Crippen LogP contribution >= 0.6 is 11.6 Å². The van der Waals surface area contributed by atoms with Crippen LogP contribution in [0.4, 0.5) is 16.6 Å². The van der Waals surface area contributed by atoms with Gasteiger partial charge in [-0.15, -0.1) is 0 Å². The number of hydrogen-bond acceptors (Lipinski definition) is 9. The van der Waals surface area contributed by atoms with Gasteiger partial charge in [-0.25, -0.2) is 9.78 Å². The molecule has 2 amide bonds. The van der Waals surface area contributed by atoms with E-state index in [9.17, 15) is 9.59 Å². The molecule has 0 spiro atoms. The number of amides is 2. The van der Waals surface area contributed by atoms with E-state index in [1.165, 1.54) is 0 Å². The predicted molar refractivity (Wildman–Crippen MR) is 141 cm³/mol. The topological polar surface area (TPSA) is 127 Å². The zero-order chi connectivity index (χ0) is 27.2. The second-order valence-corrected chi connectivity index (χ2v) is 10.1. The highest BCUT2D eigenvalue weighted by molar-refractivity contribution is 6.30. The number of methoxy groups -OCH3 is 2. The van der Waals surface area contributed by atoms with Crippen LogP contribution in [0.3, 0.4) is 0 Å². The molecule has 37 heavy (non-hydrogen) atoms. The average molecular weight is 535 g/mol. The van der Waals surface area contributed by atoms with Crippen molar-refractivity contribution in [2.75, 3.05) is 38.1 Å². The Morgan fingerprint density at radius 1 is 1.19 bits per heavy atom. The van der Waals surface area contributed by atoms with E-state index in [4.69, 9.17) is 25.8 Å². The standard InChI is InChI=1S/C25H35ClN6O5/c1-15-20(26)28-23(27-13-16-9-10-18(35-5)12-19(16)36-6)29-21(15)30-31-22(33)17-8-7-11-32(14-17)24(34)37-25(2,3)4/h9-10,12,17H,7-8,11,13-14H2,1-6H3,(H,31,33)(H2,27,28,29,30)/t17-/m0/s1. The fraction of sp³-hybridized carbons (Fsp3) is 0.520. The highest BCUT2D eigenvalue weighted by atomic mass is 35.5. The van der Waals surface area contributed by atoms with Crippen LogP contribution in [0.5, 0.6) is 11.5 Å². The van der Waals surface area contributed by atoms with Crippen LogP contribution in [0, 0.1) is 12.8 Å². The molecular formula is C25H35ClN6O5. The third kappa shape index (κ3) is 7.75. The maximum absolute atomic E-state index is 12.9. The van der Waals surface area contributed by atoms with Crippen molar-refractivity contribution in [2.45, 2.75) is 52.7 Å². The minimum Gasteiger partial charge on any atom is -0.497 e. The molecule has 1 saturated heterocycles. The molecule has 2 heterocycles. The maximum atomic E-state index is 12.9. The summed E-state index contributed by atoms with van der Waals surface area (Å²) in [5.74, 6) is 1.34. The van der Waals surface area contributed by atoms with E-state index in [1.54, 1.807) is 32.1 Å². The van der Waals surface area contributed by atoms with Crippen molar-refractivity contribution >= 4 is 35.4 Å². The van der Waals surface area contributed by atoms with Crippen molar-refractivity contribution in [1.82, 2.24) is 20.3 Å². The normalized spacial score (nSPS) is 15.5. The summed E-state index contributed by atoms with van der Waals surface area (Å²) in [6.45, 7) is 8.40. The quantitative estimate of drug-likeness (QED) is 0.338. The summed E-state index contributed by atoms with van der Waals surface area (Å²) in [4.78, 5) is 35.6. The summed E-state index contributed by atoms with van der Waals surface area (Å²) in [7, 11) is 3.18. The van der Waals surface area contributed by atoms with E-state index in [2.05, 4.69) is 26.1 Å². The number of nitrogens with one attached hydrogen (secondary N) is 3. The second-order valence-electron chi connectivity index (χ2n) is 9.72. The lowest BCUT2D eigenvalue weighted by molar-refractivity contribution is -0.126. The Kier molecular flexibility index (Phi) is 9.25. The lowest BCUT2D eigenvalue weighted by atomic mass is 9.98. The second kappa shape index (κ2) is 12.2. The number of anilines is 2. The number of halogens is 1. The molecule has 1 fully saturated rings. The van der Waals surface area contributed by atoms with Gasteiger partial charge in [-0.3, -0.25) is 15.6 Å². The molecule has 0 aliphatic carbocycles. The van der Waals surface area contributed by atoms with Gasteiger partial charge < -0.3 is 24.4 Å². The highest BCUT2D eigenvalue weighted by Crippen LogP contribution is 2.26. The van der Waals surface area contributed by atoms with Gasteiger partial charge in [0.2, 0.25) is 11.9 Å².